The fourth-order valence-corrected chi connectivity index (χ4v) is 3.58. The predicted octanol–water partition coefficient (Wildman–Crippen LogP) is 6.38. The highest BCUT2D eigenvalue weighted by Gasteiger charge is 2.17. The van der Waals surface area contributed by atoms with Crippen molar-refractivity contribution in [2.45, 2.75) is 13.8 Å². The van der Waals surface area contributed by atoms with Gasteiger partial charge in [0.15, 0.2) is 0 Å². The average Bonchev–Trinajstić information content (AvgIpc) is 2.82. The first-order valence-electron chi connectivity index (χ1n) is 10.2. The van der Waals surface area contributed by atoms with Crippen LogP contribution in [0.5, 0.6) is 11.6 Å². The number of carbonyl (C=O) groups is 1. The van der Waals surface area contributed by atoms with Crippen LogP contribution in [0.2, 0.25) is 5.28 Å². The van der Waals surface area contributed by atoms with E-state index >= 15 is 0 Å². The third kappa shape index (κ3) is 4.87. The Morgan fingerprint density at radius 1 is 1.18 bits per heavy atom. The number of carbonyl (C=O) groups excluding carboxylic acids is 1. The van der Waals surface area contributed by atoms with Crippen LogP contribution >= 0.6 is 11.6 Å². The Morgan fingerprint density at radius 2 is 1.97 bits per heavy atom. The fourth-order valence-electron chi connectivity index (χ4n) is 3.46. The van der Waals surface area contributed by atoms with Crippen LogP contribution in [0.25, 0.3) is 16.8 Å². The van der Waals surface area contributed by atoms with E-state index in [0.29, 0.717) is 16.6 Å². The number of halogens is 2. The number of rotatable bonds is 5. The number of anilines is 1. The molecule has 0 fully saturated rings. The second-order valence-electron chi connectivity index (χ2n) is 7.54. The molecular weight excluding hydrogens is 455 g/mol. The number of hydrogen-bond donors (Lipinski definition) is 1. The van der Waals surface area contributed by atoms with Gasteiger partial charge in [0, 0.05) is 11.3 Å². The maximum absolute atomic E-state index is 14.2. The molecule has 0 saturated carbocycles. The molecular formula is C26H18ClFN4O2. The lowest BCUT2D eigenvalue weighted by Gasteiger charge is -2.13. The molecule has 1 N–H and O–H groups in total. The van der Waals surface area contributed by atoms with Gasteiger partial charge in [-0.3, -0.25) is 4.79 Å². The number of nitriles is 1. The zero-order valence-corrected chi connectivity index (χ0v) is 19.0. The first-order chi connectivity index (χ1) is 16.4. The molecule has 0 aliphatic heterocycles. The molecule has 168 valence electrons. The van der Waals surface area contributed by atoms with Crippen molar-refractivity contribution >= 4 is 40.0 Å². The van der Waals surface area contributed by atoms with E-state index < -0.39 is 11.7 Å². The lowest BCUT2D eigenvalue weighted by atomic mass is 10.0. The van der Waals surface area contributed by atoms with Crippen molar-refractivity contribution in [3.63, 3.8) is 0 Å². The molecule has 0 atom stereocenters. The molecule has 34 heavy (non-hydrogen) atoms. The first-order valence-corrected chi connectivity index (χ1v) is 10.6. The maximum atomic E-state index is 14.2. The smallest absolute Gasteiger partial charge is 0.266 e. The second-order valence-corrected chi connectivity index (χ2v) is 7.87. The van der Waals surface area contributed by atoms with Crippen molar-refractivity contribution in [3.8, 4) is 17.7 Å². The van der Waals surface area contributed by atoms with Gasteiger partial charge in [-0.25, -0.2) is 4.98 Å². The third-order valence-electron chi connectivity index (χ3n) is 5.10. The molecule has 1 aromatic heterocycles. The van der Waals surface area contributed by atoms with Crippen molar-refractivity contribution in [3.05, 3.63) is 94.2 Å². The largest absolute Gasteiger partial charge is 0.436 e. The Bertz CT molecular complexity index is 1490. The number of ether oxygens (including phenoxy) is 1. The Morgan fingerprint density at radius 3 is 2.74 bits per heavy atom. The standard InChI is InChI=1S/C26H18ClFN4O2/c1-15-7-9-22(16(2)11-15)31-24(33)18(13-29)12-20-19-6-4-3-5-17(19)8-10-23(20)34-25-21(28)14-30-26(27)32-25/h3-12,14H,1-2H3,(H,31,33)/b18-12+. The molecule has 8 heteroatoms. The number of benzene rings is 3. The van der Waals surface area contributed by atoms with Gasteiger partial charge >= 0.3 is 0 Å². The SMILES string of the molecule is Cc1ccc(NC(=O)/C(C#N)=C/c2c(Oc3nc(Cl)ncc3F)ccc3ccccc23)c(C)c1. The van der Waals surface area contributed by atoms with Gasteiger partial charge in [-0.1, -0.05) is 48.0 Å². The number of aryl methyl sites for hydroxylation is 2. The lowest BCUT2D eigenvalue weighted by molar-refractivity contribution is -0.112. The summed E-state index contributed by atoms with van der Waals surface area (Å²) >= 11 is 5.79. The normalized spacial score (nSPS) is 11.2. The summed E-state index contributed by atoms with van der Waals surface area (Å²) in [7, 11) is 0. The molecule has 1 amide bonds. The van der Waals surface area contributed by atoms with E-state index in [9.17, 15) is 14.4 Å². The van der Waals surface area contributed by atoms with Crippen molar-refractivity contribution < 1.29 is 13.9 Å². The van der Waals surface area contributed by atoms with E-state index in [4.69, 9.17) is 16.3 Å². The van der Waals surface area contributed by atoms with E-state index in [0.717, 1.165) is 22.7 Å². The number of amides is 1. The van der Waals surface area contributed by atoms with Crippen LogP contribution in [0.3, 0.4) is 0 Å². The van der Waals surface area contributed by atoms with Crippen LogP contribution in [0.15, 0.2) is 66.4 Å². The van der Waals surface area contributed by atoms with E-state index in [2.05, 4.69) is 15.3 Å². The molecule has 3 aromatic carbocycles. The molecule has 6 nitrogen and oxygen atoms in total. The van der Waals surface area contributed by atoms with E-state index in [1.165, 1.54) is 6.08 Å². The molecule has 0 bridgehead atoms. The van der Waals surface area contributed by atoms with Crippen LogP contribution in [0, 0.1) is 31.0 Å². The summed E-state index contributed by atoms with van der Waals surface area (Å²) in [5.74, 6) is -1.56. The average molecular weight is 473 g/mol. The van der Waals surface area contributed by atoms with Gasteiger partial charge in [0.1, 0.15) is 17.4 Å². The quantitative estimate of drug-likeness (QED) is 0.207. The highest BCUT2D eigenvalue weighted by Crippen LogP contribution is 2.34. The monoisotopic (exact) mass is 472 g/mol. The summed E-state index contributed by atoms with van der Waals surface area (Å²) in [6.07, 6.45) is 2.32. The van der Waals surface area contributed by atoms with Crippen LogP contribution in [0.4, 0.5) is 10.1 Å². The van der Waals surface area contributed by atoms with Crippen LogP contribution in [-0.4, -0.2) is 15.9 Å². The van der Waals surface area contributed by atoms with Gasteiger partial charge in [-0.2, -0.15) is 14.6 Å². The van der Waals surface area contributed by atoms with E-state index in [1.54, 1.807) is 18.2 Å². The highest BCUT2D eigenvalue weighted by atomic mass is 35.5. The molecule has 4 rings (SSSR count). The summed E-state index contributed by atoms with van der Waals surface area (Å²) in [6.45, 7) is 3.82. The van der Waals surface area contributed by atoms with E-state index in [-0.39, 0.29) is 22.5 Å². The maximum Gasteiger partial charge on any atom is 0.266 e. The van der Waals surface area contributed by atoms with Gasteiger partial charge in [-0.05, 0) is 60.0 Å². The molecule has 0 aliphatic rings. The lowest BCUT2D eigenvalue weighted by Crippen LogP contribution is -2.14. The van der Waals surface area contributed by atoms with Crippen LogP contribution in [-0.2, 0) is 4.79 Å². The summed E-state index contributed by atoms with van der Waals surface area (Å²) in [5.41, 5.74) is 2.79. The molecule has 0 aliphatic carbocycles. The Kier molecular flexibility index (Phi) is 6.53. The Balaban J connectivity index is 1.79. The van der Waals surface area contributed by atoms with Gasteiger partial charge in [-0.15, -0.1) is 0 Å². The minimum Gasteiger partial charge on any atom is -0.436 e. The first kappa shape index (κ1) is 22.9. The predicted molar refractivity (Wildman–Crippen MR) is 129 cm³/mol. The zero-order chi connectivity index (χ0) is 24.2. The van der Waals surface area contributed by atoms with Crippen LogP contribution in [0.1, 0.15) is 16.7 Å². The summed E-state index contributed by atoms with van der Waals surface area (Å²) in [4.78, 5) is 20.3. The van der Waals surface area contributed by atoms with Gasteiger partial charge < -0.3 is 10.1 Å². The Hall–Kier alpha value is -4.28. The van der Waals surface area contributed by atoms with Gasteiger partial charge in [0.25, 0.3) is 11.8 Å². The number of aromatic nitrogens is 2. The van der Waals surface area contributed by atoms with Crippen molar-refractivity contribution in [2.75, 3.05) is 5.32 Å². The number of nitrogens with zero attached hydrogens (tertiary/aromatic N) is 3. The fraction of sp³-hybridized carbons (Fsp3) is 0.0769. The zero-order valence-electron chi connectivity index (χ0n) is 18.3. The Labute approximate surface area is 200 Å². The number of nitrogens with one attached hydrogen (secondary N) is 1. The minimum absolute atomic E-state index is 0.151. The van der Waals surface area contributed by atoms with E-state index in [1.807, 2.05) is 56.3 Å². The second kappa shape index (κ2) is 9.69. The van der Waals surface area contributed by atoms with Gasteiger partial charge in [0.05, 0.1) is 6.20 Å². The summed E-state index contributed by atoms with van der Waals surface area (Å²) in [6, 6.07) is 18.3. The molecule has 0 spiro atoms. The van der Waals surface area contributed by atoms with Crippen molar-refractivity contribution in [1.29, 1.82) is 5.26 Å². The van der Waals surface area contributed by atoms with Crippen LogP contribution < -0.4 is 10.1 Å². The third-order valence-corrected chi connectivity index (χ3v) is 5.29. The van der Waals surface area contributed by atoms with Crippen molar-refractivity contribution in [2.24, 2.45) is 0 Å². The van der Waals surface area contributed by atoms with Gasteiger partial charge in [0.2, 0.25) is 11.1 Å². The molecule has 0 unspecified atom stereocenters. The molecule has 4 aromatic rings. The number of fused-ring (bicyclic) bond motifs is 1. The topological polar surface area (TPSA) is 87.9 Å². The molecule has 1 heterocycles. The summed E-state index contributed by atoms with van der Waals surface area (Å²) < 4.78 is 19.9. The minimum atomic E-state index is -0.805. The highest BCUT2D eigenvalue weighted by molar-refractivity contribution is 6.28. The number of hydrogen-bond acceptors (Lipinski definition) is 5. The molecule has 0 radical (unpaired) electrons. The molecule has 0 saturated heterocycles. The summed E-state index contributed by atoms with van der Waals surface area (Å²) in [5, 5.41) is 13.9. The van der Waals surface area contributed by atoms with Crippen molar-refractivity contribution in [1.82, 2.24) is 9.97 Å².